The number of rotatable bonds is 4. The highest BCUT2D eigenvalue weighted by Crippen LogP contribution is 2.24. The lowest BCUT2D eigenvalue weighted by atomic mass is 10.1. The summed E-state index contributed by atoms with van der Waals surface area (Å²) in [4.78, 5) is 3.33. The number of hydrogen-bond acceptors (Lipinski definition) is 1. The molecule has 0 bridgehead atoms. The van der Waals surface area contributed by atoms with Crippen LogP contribution in [0.15, 0.2) is 95.2 Å². The maximum Gasteiger partial charge on any atom is 0.237 e. The third kappa shape index (κ3) is 4.21. The lowest BCUT2D eigenvalue weighted by molar-refractivity contribution is -0.869. The molecular weight excluding hydrogens is 479 g/mol. The minimum absolute atomic E-state index is 0. The second kappa shape index (κ2) is 8.99. The van der Waals surface area contributed by atoms with Gasteiger partial charge in [0.05, 0.1) is 0 Å². The molecule has 30 heavy (non-hydrogen) atoms. The van der Waals surface area contributed by atoms with E-state index in [9.17, 15) is 0 Å². The maximum absolute atomic E-state index is 6.62. The van der Waals surface area contributed by atoms with Crippen LogP contribution < -0.4 is 21.9 Å². The first-order valence-electron chi connectivity index (χ1n) is 9.78. The first kappa shape index (κ1) is 21.2. The highest BCUT2D eigenvalue weighted by atomic mass is 79.9. The van der Waals surface area contributed by atoms with Gasteiger partial charge in [-0.25, -0.2) is 0 Å². The van der Waals surface area contributed by atoms with Crippen molar-refractivity contribution in [3.05, 3.63) is 106 Å². The quantitative estimate of drug-likeness (QED) is 0.424. The summed E-state index contributed by atoms with van der Waals surface area (Å²) in [5, 5.41) is 6.35. The first-order chi connectivity index (χ1) is 14.2. The molecule has 0 aliphatic carbocycles. The van der Waals surface area contributed by atoms with Crippen LogP contribution >= 0.6 is 23.2 Å². The molecule has 4 aromatic carbocycles. The van der Waals surface area contributed by atoms with Gasteiger partial charge in [0, 0.05) is 12.1 Å². The summed E-state index contributed by atoms with van der Waals surface area (Å²) in [6.07, 6.45) is 0. The first-order valence-corrected chi connectivity index (χ1v) is 10.5. The molecule has 1 aliphatic heterocycles. The number of nitrogens with one attached hydrogen (secondary N) is 1. The van der Waals surface area contributed by atoms with E-state index in [1.807, 2.05) is 0 Å². The van der Waals surface area contributed by atoms with Crippen LogP contribution in [0.1, 0.15) is 11.1 Å². The third-order valence-corrected chi connectivity index (χ3v) is 6.54. The number of quaternary nitrogens is 1. The molecule has 1 unspecified atom stereocenters. The lowest BCUT2D eigenvalue weighted by Crippen LogP contribution is -3.07. The Morgan fingerprint density at radius 1 is 0.700 bits per heavy atom. The molecule has 1 aliphatic rings. The van der Waals surface area contributed by atoms with Gasteiger partial charge in [0.25, 0.3) is 0 Å². The van der Waals surface area contributed by atoms with Crippen LogP contribution in [0.3, 0.4) is 0 Å². The van der Waals surface area contributed by atoms with Gasteiger partial charge in [-0.2, -0.15) is 0 Å². The lowest BCUT2D eigenvalue weighted by Gasteiger charge is -2.19. The second-order valence-electron chi connectivity index (χ2n) is 7.60. The van der Waals surface area contributed by atoms with Gasteiger partial charge in [-0.1, -0.05) is 84.4 Å². The summed E-state index contributed by atoms with van der Waals surface area (Å²) in [6, 6.07) is 30.0. The molecule has 4 aromatic rings. The van der Waals surface area contributed by atoms with Crippen LogP contribution in [0, 0.1) is 0 Å². The Balaban J connectivity index is 0.00000218. The van der Waals surface area contributed by atoms with E-state index < -0.39 is 0 Å². The van der Waals surface area contributed by atoms with Gasteiger partial charge < -0.3 is 21.9 Å². The average molecular weight is 500 g/mol. The van der Waals surface area contributed by atoms with Crippen molar-refractivity contribution < 1.29 is 21.9 Å². The normalized spacial score (nSPS) is 16.3. The topological polar surface area (TPSA) is 7.68 Å². The van der Waals surface area contributed by atoms with Crippen LogP contribution in [0.2, 0.25) is 0 Å². The van der Waals surface area contributed by atoms with Crippen molar-refractivity contribution in [2.24, 2.45) is 0 Å². The summed E-state index contributed by atoms with van der Waals surface area (Å²) in [5.41, 5.74) is 2.49. The largest absolute Gasteiger partial charge is 1.00 e. The summed E-state index contributed by atoms with van der Waals surface area (Å²) in [7, 11) is 0. The Hall–Kier alpha value is -2.04. The van der Waals surface area contributed by atoms with E-state index in [1.54, 1.807) is 0 Å². The minimum atomic E-state index is 0. The van der Waals surface area contributed by atoms with Crippen LogP contribution in [0.25, 0.3) is 21.5 Å². The van der Waals surface area contributed by atoms with Gasteiger partial charge in [0.2, 0.25) is 5.16 Å². The van der Waals surface area contributed by atoms with E-state index in [0.717, 1.165) is 19.8 Å². The van der Waals surface area contributed by atoms with Crippen molar-refractivity contribution in [3.8, 4) is 0 Å². The SMILES string of the molecule is ClC1=C(Cl)[NH+](Cc2ccc3ccccc3c2)CN1Cc1ccc2ccccc2c1.[Br-]. The number of hydrogen-bond donors (Lipinski definition) is 1. The van der Waals surface area contributed by atoms with Crippen molar-refractivity contribution in [3.63, 3.8) is 0 Å². The Labute approximate surface area is 197 Å². The highest BCUT2D eigenvalue weighted by Gasteiger charge is 2.32. The van der Waals surface area contributed by atoms with E-state index in [1.165, 1.54) is 37.6 Å². The van der Waals surface area contributed by atoms with Gasteiger partial charge in [-0.05, 0) is 50.8 Å². The fourth-order valence-electron chi connectivity index (χ4n) is 4.07. The molecule has 0 saturated heterocycles. The fourth-order valence-corrected chi connectivity index (χ4v) is 4.56. The van der Waals surface area contributed by atoms with Crippen LogP contribution in [-0.2, 0) is 13.1 Å². The Morgan fingerprint density at radius 3 is 1.87 bits per heavy atom. The fraction of sp³-hybridized carbons (Fsp3) is 0.120. The Morgan fingerprint density at radius 2 is 1.23 bits per heavy atom. The molecule has 0 spiro atoms. The summed E-state index contributed by atoms with van der Waals surface area (Å²) < 4.78 is 0. The molecule has 2 nitrogen and oxygen atoms in total. The van der Waals surface area contributed by atoms with Crippen LogP contribution in [-0.4, -0.2) is 11.6 Å². The van der Waals surface area contributed by atoms with E-state index >= 15 is 0 Å². The van der Waals surface area contributed by atoms with Gasteiger partial charge in [0.15, 0.2) is 11.8 Å². The van der Waals surface area contributed by atoms with Crippen molar-refractivity contribution in [2.45, 2.75) is 13.1 Å². The predicted molar refractivity (Wildman–Crippen MR) is 122 cm³/mol. The monoisotopic (exact) mass is 498 g/mol. The summed E-state index contributed by atoms with van der Waals surface area (Å²) >= 11 is 13.2. The van der Waals surface area contributed by atoms with Crippen LogP contribution in [0.4, 0.5) is 0 Å². The zero-order chi connectivity index (χ0) is 19.8. The molecule has 0 aromatic heterocycles. The Kier molecular flexibility index (Phi) is 6.35. The van der Waals surface area contributed by atoms with Crippen molar-refractivity contribution in [1.82, 2.24) is 4.90 Å². The molecule has 0 amide bonds. The molecule has 5 heteroatoms. The molecule has 5 rings (SSSR count). The van der Waals surface area contributed by atoms with Gasteiger partial charge >= 0.3 is 0 Å². The molecule has 1 N–H and O–H groups in total. The smallest absolute Gasteiger partial charge is 0.237 e. The molecule has 152 valence electrons. The maximum atomic E-state index is 6.62. The molecule has 0 radical (unpaired) electrons. The summed E-state index contributed by atoms with van der Waals surface area (Å²) in [6.45, 7) is 2.33. The Bertz CT molecular complexity index is 1140. The van der Waals surface area contributed by atoms with Crippen LogP contribution in [0.5, 0.6) is 0 Å². The molecule has 0 fully saturated rings. The van der Waals surface area contributed by atoms with Crippen molar-refractivity contribution >= 4 is 44.7 Å². The number of halogens is 3. The zero-order valence-electron chi connectivity index (χ0n) is 16.3. The minimum Gasteiger partial charge on any atom is -1.00 e. The van der Waals surface area contributed by atoms with Gasteiger partial charge in [-0.3, -0.25) is 4.90 Å². The predicted octanol–water partition coefficient (Wildman–Crippen LogP) is 2.46. The summed E-state index contributed by atoms with van der Waals surface area (Å²) in [5.74, 6) is 0. The molecule has 1 heterocycles. The van der Waals surface area contributed by atoms with Crippen molar-refractivity contribution in [2.75, 3.05) is 6.67 Å². The van der Waals surface area contributed by atoms with E-state index in [4.69, 9.17) is 23.2 Å². The number of nitrogens with zero attached hydrogens (tertiary/aromatic N) is 1. The van der Waals surface area contributed by atoms with E-state index in [-0.39, 0.29) is 17.0 Å². The highest BCUT2D eigenvalue weighted by molar-refractivity contribution is 6.37. The van der Waals surface area contributed by atoms with E-state index in [0.29, 0.717) is 10.3 Å². The molecule has 1 atom stereocenters. The van der Waals surface area contributed by atoms with Gasteiger partial charge in [0.1, 0.15) is 6.54 Å². The standard InChI is InChI=1S/C25H20Cl2N2.BrH/c26-24-25(27)29(16-19-10-12-21-6-2-4-8-23(21)14-19)17-28(24)15-18-9-11-20-5-1-3-7-22(20)13-18;/h1-14H,15-17H2;1H. The van der Waals surface area contributed by atoms with Crippen molar-refractivity contribution in [1.29, 1.82) is 0 Å². The average Bonchev–Trinajstić information content (AvgIpc) is 3.01. The number of benzene rings is 4. The third-order valence-electron chi connectivity index (χ3n) is 5.57. The number of fused-ring (bicyclic) bond motifs is 2. The van der Waals surface area contributed by atoms with Gasteiger partial charge in [-0.15, -0.1) is 0 Å². The van der Waals surface area contributed by atoms with E-state index in [2.05, 4.69) is 89.8 Å². The molecule has 0 saturated carbocycles. The zero-order valence-corrected chi connectivity index (χ0v) is 19.4. The molecular formula is C25H21BrCl2N2. The second-order valence-corrected chi connectivity index (χ2v) is 8.34.